The third kappa shape index (κ3) is 4.08. The number of ether oxygens (including phenoxy) is 1. The summed E-state index contributed by atoms with van der Waals surface area (Å²) in [5, 5.41) is 7.42. The zero-order chi connectivity index (χ0) is 19.6. The molecule has 0 unspecified atom stereocenters. The van der Waals surface area contributed by atoms with E-state index in [1.165, 1.54) is 0 Å². The average Bonchev–Trinajstić information content (AvgIpc) is 2.93. The van der Waals surface area contributed by atoms with Crippen LogP contribution in [0.5, 0.6) is 5.75 Å². The molecule has 0 bridgehead atoms. The highest BCUT2D eigenvalue weighted by molar-refractivity contribution is 5.95. The first kappa shape index (κ1) is 19.2. The Morgan fingerprint density at radius 1 is 1.22 bits per heavy atom. The molecule has 146 valence electrons. The fourth-order valence-corrected chi connectivity index (χ4v) is 3.52. The fraction of sp³-hybridized carbons (Fsp3) is 0.500. The summed E-state index contributed by atoms with van der Waals surface area (Å²) in [7, 11) is 3.57. The minimum absolute atomic E-state index is 0.0176. The number of nitrogens with one attached hydrogen (secondary N) is 1. The van der Waals surface area contributed by atoms with Gasteiger partial charge in [-0.05, 0) is 32.9 Å². The Balaban J connectivity index is 1.59. The molecule has 0 saturated carbocycles. The molecule has 1 amide bonds. The summed E-state index contributed by atoms with van der Waals surface area (Å²) < 4.78 is 7.11. The van der Waals surface area contributed by atoms with Crippen molar-refractivity contribution in [1.82, 2.24) is 14.7 Å². The predicted octanol–water partition coefficient (Wildman–Crippen LogP) is 2.19. The number of nitrogens with zero attached hydrogens (tertiary/aromatic N) is 4. The van der Waals surface area contributed by atoms with E-state index in [0.717, 1.165) is 54.7 Å². The van der Waals surface area contributed by atoms with Gasteiger partial charge in [0.05, 0.1) is 30.2 Å². The Morgan fingerprint density at radius 2 is 1.93 bits per heavy atom. The van der Waals surface area contributed by atoms with Crippen LogP contribution in [0.15, 0.2) is 24.3 Å². The minimum atomic E-state index is -0.184. The molecular formula is C20H29N5O2. The highest BCUT2D eigenvalue weighted by Crippen LogP contribution is 2.23. The van der Waals surface area contributed by atoms with Gasteiger partial charge in [0.15, 0.2) is 0 Å². The third-order valence-corrected chi connectivity index (χ3v) is 5.42. The van der Waals surface area contributed by atoms with Crippen molar-refractivity contribution < 1.29 is 9.53 Å². The van der Waals surface area contributed by atoms with E-state index >= 15 is 0 Å². The van der Waals surface area contributed by atoms with E-state index in [9.17, 15) is 4.79 Å². The molecule has 1 aliphatic heterocycles. The van der Waals surface area contributed by atoms with Crippen LogP contribution in [-0.4, -0.2) is 59.9 Å². The van der Waals surface area contributed by atoms with E-state index in [2.05, 4.69) is 32.3 Å². The molecule has 1 atom stereocenters. The molecule has 1 saturated heterocycles. The van der Waals surface area contributed by atoms with Crippen LogP contribution < -0.4 is 15.0 Å². The summed E-state index contributed by atoms with van der Waals surface area (Å²) in [5.41, 5.74) is 3.80. The fourth-order valence-electron chi connectivity index (χ4n) is 3.52. The number of hydrogen-bond acceptors (Lipinski definition) is 5. The van der Waals surface area contributed by atoms with Crippen LogP contribution in [-0.2, 0) is 11.8 Å². The smallest absolute Gasteiger partial charge is 0.241 e. The second-order valence-corrected chi connectivity index (χ2v) is 7.06. The molecule has 7 nitrogen and oxygen atoms in total. The predicted molar refractivity (Wildman–Crippen MR) is 108 cm³/mol. The maximum absolute atomic E-state index is 12.7. The molecule has 1 aromatic carbocycles. The lowest BCUT2D eigenvalue weighted by atomic mass is 10.2. The normalized spacial score (nSPS) is 16.3. The number of amides is 1. The molecule has 0 radical (unpaired) electrons. The average molecular weight is 371 g/mol. The van der Waals surface area contributed by atoms with Crippen LogP contribution in [0.1, 0.15) is 18.3 Å². The van der Waals surface area contributed by atoms with Gasteiger partial charge in [-0.25, -0.2) is 0 Å². The van der Waals surface area contributed by atoms with Gasteiger partial charge in [-0.15, -0.1) is 0 Å². The van der Waals surface area contributed by atoms with Crippen LogP contribution in [0.4, 0.5) is 11.4 Å². The third-order valence-electron chi connectivity index (χ3n) is 5.42. The Morgan fingerprint density at radius 3 is 2.52 bits per heavy atom. The van der Waals surface area contributed by atoms with E-state index in [1.807, 2.05) is 40.0 Å². The van der Waals surface area contributed by atoms with Crippen molar-refractivity contribution in [3.63, 3.8) is 0 Å². The second kappa shape index (κ2) is 8.00. The van der Waals surface area contributed by atoms with E-state index in [4.69, 9.17) is 4.74 Å². The highest BCUT2D eigenvalue weighted by atomic mass is 16.5. The quantitative estimate of drug-likeness (QED) is 0.873. The van der Waals surface area contributed by atoms with Crippen molar-refractivity contribution in [3.05, 3.63) is 35.7 Å². The summed E-state index contributed by atoms with van der Waals surface area (Å²) in [4.78, 5) is 17.3. The zero-order valence-corrected chi connectivity index (χ0v) is 16.8. The molecule has 1 aliphatic rings. The first-order valence-electron chi connectivity index (χ1n) is 9.35. The minimum Gasteiger partial charge on any atom is -0.497 e. The topological polar surface area (TPSA) is 62.6 Å². The number of carbonyl (C=O) groups excluding carboxylic acids is 1. The van der Waals surface area contributed by atoms with Crippen LogP contribution in [0.2, 0.25) is 0 Å². The standard InChI is InChI=1S/C20H29N5O2/c1-14-19(15(2)23(4)22-14)21-20(26)16(3)24-9-11-25(12-10-24)17-7-6-8-18(13-17)27-5/h6-8,13,16H,9-12H2,1-5H3,(H,21,26)/t16-/m1/s1. The lowest BCUT2D eigenvalue weighted by Crippen LogP contribution is -2.52. The van der Waals surface area contributed by atoms with Crippen molar-refractivity contribution in [2.75, 3.05) is 43.5 Å². The lowest BCUT2D eigenvalue weighted by molar-refractivity contribution is -0.120. The lowest BCUT2D eigenvalue weighted by Gasteiger charge is -2.38. The number of aromatic nitrogens is 2. The molecule has 0 spiro atoms. The SMILES string of the molecule is COc1cccc(N2CCN([C@H](C)C(=O)Nc3c(C)nn(C)c3C)CC2)c1. The van der Waals surface area contributed by atoms with E-state index in [-0.39, 0.29) is 11.9 Å². The molecule has 2 heterocycles. The Labute approximate surface area is 160 Å². The molecule has 1 N–H and O–H groups in total. The number of aryl methyl sites for hydroxylation is 2. The monoisotopic (exact) mass is 371 g/mol. The summed E-state index contributed by atoms with van der Waals surface area (Å²) in [6, 6.07) is 7.93. The molecule has 1 fully saturated rings. The number of rotatable bonds is 5. The van der Waals surface area contributed by atoms with Crippen LogP contribution in [0, 0.1) is 13.8 Å². The van der Waals surface area contributed by atoms with Crippen LogP contribution in [0.3, 0.4) is 0 Å². The van der Waals surface area contributed by atoms with Crippen molar-refractivity contribution in [1.29, 1.82) is 0 Å². The van der Waals surface area contributed by atoms with Crippen molar-refractivity contribution >= 4 is 17.3 Å². The molecule has 3 rings (SSSR count). The van der Waals surface area contributed by atoms with Gasteiger partial charge in [0, 0.05) is 45.0 Å². The molecule has 2 aromatic rings. The van der Waals surface area contributed by atoms with E-state index < -0.39 is 0 Å². The van der Waals surface area contributed by atoms with Gasteiger partial charge < -0.3 is 15.0 Å². The summed E-state index contributed by atoms with van der Waals surface area (Å²) in [5.74, 6) is 0.883. The van der Waals surface area contributed by atoms with Crippen molar-refractivity contribution in [2.45, 2.75) is 26.8 Å². The molecule has 7 heteroatoms. The summed E-state index contributed by atoms with van der Waals surface area (Å²) in [6.07, 6.45) is 0. The second-order valence-electron chi connectivity index (χ2n) is 7.06. The number of hydrogen-bond donors (Lipinski definition) is 1. The Kier molecular flexibility index (Phi) is 5.70. The highest BCUT2D eigenvalue weighted by Gasteiger charge is 2.27. The van der Waals surface area contributed by atoms with Gasteiger partial charge in [0.2, 0.25) is 5.91 Å². The van der Waals surface area contributed by atoms with Crippen molar-refractivity contribution in [3.8, 4) is 5.75 Å². The number of carbonyl (C=O) groups is 1. The van der Waals surface area contributed by atoms with Crippen LogP contribution in [0.25, 0.3) is 0 Å². The van der Waals surface area contributed by atoms with Gasteiger partial charge >= 0.3 is 0 Å². The van der Waals surface area contributed by atoms with E-state index in [0.29, 0.717) is 0 Å². The summed E-state index contributed by atoms with van der Waals surface area (Å²) in [6.45, 7) is 9.31. The first-order chi connectivity index (χ1) is 12.9. The van der Waals surface area contributed by atoms with Gasteiger partial charge in [-0.3, -0.25) is 14.4 Å². The Bertz CT molecular complexity index is 809. The summed E-state index contributed by atoms with van der Waals surface area (Å²) >= 11 is 0. The van der Waals surface area contributed by atoms with Gasteiger partial charge in [-0.2, -0.15) is 5.10 Å². The maximum atomic E-state index is 12.7. The number of anilines is 2. The molecular weight excluding hydrogens is 342 g/mol. The first-order valence-corrected chi connectivity index (χ1v) is 9.35. The van der Waals surface area contributed by atoms with Crippen LogP contribution >= 0.6 is 0 Å². The number of benzene rings is 1. The Hall–Kier alpha value is -2.54. The molecule has 1 aromatic heterocycles. The van der Waals surface area contributed by atoms with Gasteiger partial charge in [0.25, 0.3) is 0 Å². The van der Waals surface area contributed by atoms with Gasteiger partial charge in [-0.1, -0.05) is 6.07 Å². The number of methoxy groups -OCH3 is 1. The van der Waals surface area contributed by atoms with Crippen molar-refractivity contribution in [2.24, 2.45) is 7.05 Å². The molecule has 27 heavy (non-hydrogen) atoms. The number of piperazine rings is 1. The maximum Gasteiger partial charge on any atom is 0.241 e. The largest absolute Gasteiger partial charge is 0.497 e. The molecule has 0 aliphatic carbocycles. The van der Waals surface area contributed by atoms with E-state index in [1.54, 1.807) is 11.8 Å². The zero-order valence-electron chi connectivity index (χ0n) is 16.8. The van der Waals surface area contributed by atoms with Gasteiger partial charge in [0.1, 0.15) is 5.75 Å².